The van der Waals surface area contributed by atoms with E-state index >= 15 is 0 Å². The molecule has 7 rings (SSSR count). The second kappa shape index (κ2) is 13.9. The van der Waals surface area contributed by atoms with Crippen LogP contribution in [0.1, 0.15) is 22.3 Å². The number of nitriles is 2. The number of rotatable bonds is 4. The van der Waals surface area contributed by atoms with Crippen LogP contribution < -0.4 is 0 Å². The van der Waals surface area contributed by atoms with E-state index in [0.29, 0.717) is 30.3 Å². The van der Waals surface area contributed by atoms with Crippen LogP contribution in [-0.2, 0) is 19.7 Å². The summed E-state index contributed by atoms with van der Waals surface area (Å²) in [5.74, 6) is -27.9. The quantitative estimate of drug-likeness (QED) is 0.0571. The predicted octanol–water partition coefficient (Wildman–Crippen LogP) is 10.5. The normalized spacial score (nSPS) is 15.1. The minimum atomic E-state index is -5.91. The average molecular weight is 925 g/mol. The lowest BCUT2D eigenvalue weighted by atomic mass is 9.92. The molecule has 0 saturated heterocycles. The van der Waals surface area contributed by atoms with Crippen LogP contribution in [0.15, 0.2) is 79.3 Å². The molecule has 0 fully saturated rings. The van der Waals surface area contributed by atoms with Crippen LogP contribution in [0.4, 0.5) is 70.2 Å². The molecule has 0 spiro atoms. The maximum Gasteiger partial charge on any atom is 0.426 e. The number of hydrogen-bond acceptors (Lipinski definition) is 6. The Morgan fingerprint density at radius 1 is 0.387 bits per heavy atom. The van der Waals surface area contributed by atoms with Crippen LogP contribution in [0, 0.1) is 80.8 Å². The number of nitrogens with zero attached hydrogens (tertiary/aromatic N) is 2. The van der Waals surface area contributed by atoms with Gasteiger partial charge in [0.2, 0.25) is 31.3 Å². The minimum Gasteiger partial charge on any atom is -0.218 e. The summed E-state index contributed by atoms with van der Waals surface area (Å²) in [5, 5.41) is 19.4. The summed E-state index contributed by atoms with van der Waals surface area (Å²) in [4.78, 5) is -7.72. The molecule has 0 atom stereocenters. The Balaban J connectivity index is 1.54. The number of halogens is 16. The summed E-state index contributed by atoms with van der Waals surface area (Å²) in [6.45, 7) is 0. The van der Waals surface area contributed by atoms with Crippen molar-refractivity contribution >= 4 is 30.8 Å². The fourth-order valence-corrected chi connectivity index (χ4v) is 9.77. The molecule has 0 unspecified atom stereocenters. The van der Waals surface area contributed by atoms with Gasteiger partial charge in [-0.3, -0.25) is 0 Å². The molecule has 62 heavy (non-hydrogen) atoms. The SMILES string of the molecule is N#CC(=C1c2cc(S(=O)(=O)c3c(F)c(F)c(F)c(F)c3F)ccc2-c2cc3c(cc21)/C(=C(\C#N)C(F)(F)F)c1cc(S(=O)(=O)c2c(F)c(F)c(F)c(F)c2F)ccc1-3)C(F)(F)F. The van der Waals surface area contributed by atoms with Gasteiger partial charge in [0.1, 0.15) is 33.1 Å². The fraction of sp³-hybridized carbons (Fsp3) is 0.0526. The third kappa shape index (κ3) is 6.06. The third-order valence-corrected chi connectivity index (χ3v) is 13.1. The molecule has 0 N–H and O–H groups in total. The largest absolute Gasteiger partial charge is 0.426 e. The maximum absolute atomic E-state index is 14.7. The van der Waals surface area contributed by atoms with Crippen molar-refractivity contribution in [1.29, 1.82) is 10.5 Å². The molecular weight excluding hydrogens is 917 g/mol. The highest BCUT2D eigenvalue weighted by Gasteiger charge is 2.45. The van der Waals surface area contributed by atoms with Gasteiger partial charge in [-0.2, -0.15) is 36.9 Å². The second-order valence-corrected chi connectivity index (χ2v) is 16.7. The van der Waals surface area contributed by atoms with Gasteiger partial charge in [-0.05, 0) is 80.9 Å². The van der Waals surface area contributed by atoms with Gasteiger partial charge >= 0.3 is 12.4 Å². The highest BCUT2D eigenvalue weighted by molar-refractivity contribution is 7.91. The summed E-state index contributed by atoms with van der Waals surface area (Å²) in [6, 6.07) is 5.55. The van der Waals surface area contributed by atoms with Crippen molar-refractivity contribution in [2.24, 2.45) is 0 Å². The van der Waals surface area contributed by atoms with Gasteiger partial charge in [0.15, 0.2) is 46.5 Å². The third-order valence-electron chi connectivity index (χ3n) is 9.59. The predicted molar refractivity (Wildman–Crippen MR) is 176 cm³/mol. The molecule has 0 bridgehead atoms. The molecule has 0 saturated carbocycles. The Hall–Kier alpha value is -6.66. The van der Waals surface area contributed by atoms with E-state index in [0.717, 1.165) is 18.2 Å². The second-order valence-electron chi connectivity index (χ2n) is 12.9. The number of allylic oxidation sites excluding steroid dienone is 2. The number of sulfone groups is 2. The summed E-state index contributed by atoms with van der Waals surface area (Å²) in [6.07, 6.45) is -11.4. The van der Waals surface area contributed by atoms with Crippen LogP contribution >= 0.6 is 0 Å². The smallest absolute Gasteiger partial charge is 0.218 e. The summed E-state index contributed by atoms with van der Waals surface area (Å²) >= 11 is 0. The Labute approximate surface area is 334 Å². The van der Waals surface area contributed by atoms with E-state index in [1.807, 2.05) is 0 Å². The molecule has 2 aliphatic rings. The molecule has 0 amide bonds. The first kappa shape index (κ1) is 43.4. The zero-order chi connectivity index (χ0) is 46.1. The lowest BCUT2D eigenvalue weighted by Gasteiger charge is -2.14. The van der Waals surface area contributed by atoms with E-state index in [4.69, 9.17) is 0 Å². The molecule has 318 valence electrons. The van der Waals surface area contributed by atoms with E-state index < -0.39 is 177 Å². The Morgan fingerprint density at radius 2 is 0.645 bits per heavy atom. The molecule has 6 nitrogen and oxygen atoms in total. The van der Waals surface area contributed by atoms with Crippen molar-refractivity contribution in [2.45, 2.75) is 31.9 Å². The Morgan fingerprint density at radius 3 is 0.919 bits per heavy atom. The zero-order valence-electron chi connectivity index (χ0n) is 29.0. The fourth-order valence-electron chi connectivity index (χ4n) is 6.95. The molecular formula is C38H8F16N2O4S2. The molecule has 5 aromatic rings. The molecule has 2 aliphatic carbocycles. The standard InChI is InChI=1S/C38H8F16N2O4S2/c39-25-27(41)31(45)35(32(46)28(25)42)61(57,58)11-1-3-13-15-7-16-14-4-2-12(62(59,60)36-33(47)29(43)26(40)30(44)34(36)48)6-18(14)24(22(10-56)38(52,53)54)20(16)8-19(15)23(17(13)5-11)21(9-55)37(49,50)51/h1-8H/b23-21+,24-22?. The van der Waals surface area contributed by atoms with Crippen LogP contribution in [0.25, 0.3) is 33.4 Å². The van der Waals surface area contributed by atoms with Gasteiger partial charge in [0.05, 0.1) is 9.79 Å². The van der Waals surface area contributed by atoms with E-state index in [9.17, 15) is 97.6 Å². The van der Waals surface area contributed by atoms with E-state index in [2.05, 4.69) is 0 Å². The van der Waals surface area contributed by atoms with Crippen LogP contribution in [-0.4, -0.2) is 29.2 Å². The first-order valence-electron chi connectivity index (χ1n) is 16.1. The molecule has 0 aliphatic heterocycles. The van der Waals surface area contributed by atoms with Gasteiger partial charge < -0.3 is 0 Å². The minimum absolute atomic E-state index is 0.240. The molecule has 24 heteroatoms. The summed E-state index contributed by atoms with van der Waals surface area (Å²) in [5.41, 5.74) is -12.7. The first-order valence-corrected chi connectivity index (χ1v) is 19.1. The van der Waals surface area contributed by atoms with Gasteiger partial charge in [-0.25, -0.2) is 60.7 Å². The molecule has 5 aromatic carbocycles. The van der Waals surface area contributed by atoms with Crippen molar-refractivity contribution in [3.8, 4) is 34.4 Å². The van der Waals surface area contributed by atoms with E-state index in [1.165, 1.54) is 0 Å². The van der Waals surface area contributed by atoms with Crippen LogP contribution in [0.5, 0.6) is 0 Å². The maximum atomic E-state index is 14.7. The highest BCUT2D eigenvalue weighted by Crippen LogP contribution is 2.56. The zero-order valence-corrected chi connectivity index (χ0v) is 30.6. The number of fused-ring (bicyclic) bond motifs is 6. The van der Waals surface area contributed by atoms with Gasteiger partial charge in [-0.15, -0.1) is 0 Å². The summed E-state index contributed by atoms with van der Waals surface area (Å²) in [7, 11) is -11.8. The van der Waals surface area contributed by atoms with Crippen molar-refractivity contribution in [2.75, 3.05) is 0 Å². The van der Waals surface area contributed by atoms with Crippen LogP contribution in [0.3, 0.4) is 0 Å². The number of alkyl halides is 6. The Kier molecular flexibility index (Phi) is 9.76. The van der Waals surface area contributed by atoms with Crippen molar-refractivity contribution in [3.63, 3.8) is 0 Å². The van der Waals surface area contributed by atoms with E-state index in [1.54, 1.807) is 0 Å². The Bertz CT molecular complexity index is 3050. The summed E-state index contributed by atoms with van der Waals surface area (Å²) < 4.78 is 283. The van der Waals surface area contributed by atoms with Gasteiger partial charge in [0.25, 0.3) is 0 Å². The molecule has 0 radical (unpaired) electrons. The number of benzene rings is 5. The van der Waals surface area contributed by atoms with Crippen molar-refractivity contribution in [3.05, 3.63) is 140 Å². The van der Waals surface area contributed by atoms with E-state index in [-0.39, 0.29) is 12.1 Å². The first-order chi connectivity index (χ1) is 28.6. The highest BCUT2D eigenvalue weighted by atomic mass is 32.2. The number of hydrogen-bond donors (Lipinski definition) is 0. The molecule has 0 heterocycles. The average Bonchev–Trinajstić information content (AvgIpc) is 3.67. The van der Waals surface area contributed by atoms with Crippen LogP contribution in [0.2, 0.25) is 0 Å². The lowest BCUT2D eigenvalue weighted by Crippen LogP contribution is -2.14. The topological polar surface area (TPSA) is 116 Å². The van der Waals surface area contributed by atoms with Crippen molar-refractivity contribution < 1.29 is 87.1 Å². The lowest BCUT2D eigenvalue weighted by molar-refractivity contribution is -0.0876. The van der Waals surface area contributed by atoms with Gasteiger partial charge in [0, 0.05) is 11.1 Å². The molecule has 0 aromatic heterocycles. The monoisotopic (exact) mass is 924 g/mol. The van der Waals surface area contributed by atoms with Gasteiger partial charge in [-0.1, -0.05) is 12.1 Å². The van der Waals surface area contributed by atoms with Crippen molar-refractivity contribution in [1.82, 2.24) is 0 Å².